The molecule has 5 nitrogen and oxygen atoms in total. The average molecular weight is 586 g/mol. The first-order chi connectivity index (χ1) is 18.6. The highest BCUT2D eigenvalue weighted by Crippen LogP contribution is 2.44. The van der Waals surface area contributed by atoms with E-state index in [0.717, 1.165) is 28.4 Å². The van der Waals surface area contributed by atoms with Gasteiger partial charge in [0, 0.05) is 21.9 Å². The summed E-state index contributed by atoms with van der Waals surface area (Å²) in [6.45, 7) is 0. The molecule has 0 amide bonds. The van der Waals surface area contributed by atoms with E-state index in [9.17, 15) is 4.39 Å². The van der Waals surface area contributed by atoms with Crippen molar-refractivity contribution in [1.82, 2.24) is 10.3 Å². The summed E-state index contributed by atoms with van der Waals surface area (Å²) in [5, 5.41) is 3.99. The summed E-state index contributed by atoms with van der Waals surface area (Å²) in [7, 11) is 0. The van der Waals surface area contributed by atoms with Gasteiger partial charge >= 0.3 is 0 Å². The van der Waals surface area contributed by atoms with Crippen molar-refractivity contribution in [3.63, 3.8) is 0 Å². The lowest BCUT2D eigenvalue weighted by Gasteiger charge is -2.26. The number of hydrogen-bond acceptors (Lipinski definition) is 4. The molecule has 2 atom stereocenters. The molecule has 5 aromatic rings. The zero-order valence-electron chi connectivity index (χ0n) is 19.9. The summed E-state index contributed by atoms with van der Waals surface area (Å²) in [5.41, 5.74) is 2.48. The minimum absolute atomic E-state index is 0.250. The maximum absolute atomic E-state index is 13.7. The lowest BCUT2D eigenvalue weighted by atomic mass is 10.0. The number of para-hydroxylation sites is 1. The van der Waals surface area contributed by atoms with Crippen LogP contribution in [-0.4, -0.2) is 10.1 Å². The van der Waals surface area contributed by atoms with Crippen LogP contribution in [0.2, 0.25) is 0 Å². The molecule has 3 heterocycles. The molecule has 0 spiro atoms. The molecule has 0 unspecified atom stereocenters. The zero-order chi connectivity index (χ0) is 26.1. The Labute approximate surface area is 233 Å². The summed E-state index contributed by atoms with van der Waals surface area (Å²) in [5.74, 6) is 2.48. The lowest BCUT2D eigenvalue weighted by molar-refractivity contribution is 0.439. The maximum atomic E-state index is 13.7. The molecular weight excluding hydrogens is 565 g/mol. The molecule has 6 rings (SSSR count). The summed E-state index contributed by atoms with van der Waals surface area (Å²) in [6.07, 6.45) is 1.76. The number of furan rings is 1. The number of pyridine rings is 1. The van der Waals surface area contributed by atoms with Crippen molar-refractivity contribution in [2.75, 3.05) is 4.90 Å². The second kappa shape index (κ2) is 10.4. The van der Waals surface area contributed by atoms with Crippen LogP contribution in [0.3, 0.4) is 0 Å². The smallest absolute Gasteiger partial charge is 0.174 e. The number of nitrogens with one attached hydrogen (secondary N) is 1. The average Bonchev–Trinajstić information content (AvgIpc) is 3.55. The Morgan fingerprint density at radius 2 is 1.66 bits per heavy atom. The zero-order valence-corrected chi connectivity index (χ0v) is 22.3. The molecule has 3 aromatic carbocycles. The lowest BCUT2D eigenvalue weighted by Crippen LogP contribution is -2.29. The van der Waals surface area contributed by atoms with Gasteiger partial charge in [0.1, 0.15) is 34.9 Å². The van der Waals surface area contributed by atoms with Gasteiger partial charge in [-0.25, -0.2) is 4.39 Å². The van der Waals surface area contributed by atoms with Gasteiger partial charge in [0.05, 0.1) is 11.7 Å². The number of nitrogens with zero attached hydrogens (tertiary/aromatic N) is 2. The molecular formula is C30H21BrFN3O2S. The largest absolute Gasteiger partial charge is 0.459 e. The van der Waals surface area contributed by atoms with E-state index in [1.165, 1.54) is 12.1 Å². The first-order valence-electron chi connectivity index (χ1n) is 12.0. The molecule has 0 aliphatic carbocycles. The first-order valence-corrected chi connectivity index (χ1v) is 13.2. The quantitative estimate of drug-likeness (QED) is 0.203. The normalized spacial score (nSPS) is 16.9. The number of halogens is 2. The Morgan fingerprint density at radius 1 is 0.895 bits per heavy atom. The van der Waals surface area contributed by atoms with E-state index in [-0.39, 0.29) is 17.9 Å². The molecule has 0 bridgehead atoms. The van der Waals surface area contributed by atoms with Gasteiger partial charge in [-0.1, -0.05) is 24.3 Å². The predicted octanol–water partition coefficient (Wildman–Crippen LogP) is 8.21. The van der Waals surface area contributed by atoms with Gasteiger partial charge in [-0.15, -0.1) is 0 Å². The topological polar surface area (TPSA) is 50.5 Å². The number of benzene rings is 3. The van der Waals surface area contributed by atoms with Gasteiger partial charge in [0.2, 0.25) is 0 Å². The van der Waals surface area contributed by atoms with Crippen LogP contribution in [0.4, 0.5) is 10.1 Å². The molecule has 8 heteroatoms. The summed E-state index contributed by atoms with van der Waals surface area (Å²) in [4.78, 5) is 6.62. The van der Waals surface area contributed by atoms with Crippen LogP contribution in [0.15, 0.2) is 118 Å². The number of ether oxygens (including phenoxy) is 1. The minimum atomic E-state index is -0.321. The predicted molar refractivity (Wildman–Crippen MR) is 153 cm³/mol. The molecule has 2 aromatic heterocycles. The van der Waals surface area contributed by atoms with E-state index in [4.69, 9.17) is 21.4 Å². The summed E-state index contributed by atoms with van der Waals surface area (Å²) < 4.78 is 26.6. The highest BCUT2D eigenvalue weighted by Gasteiger charge is 2.42. The third-order valence-corrected chi connectivity index (χ3v) is 7.28. The summed E-state index contributed by atoms with van der Waals surface area (Å²) >= 11 is 9.26. The Balaban J connectivity index is 1.37. The monoisotopic (exact) mass is 585 g/mol. The van der Waals surface area contributed by atoms with Crippen LogP contribution in [0.1, 0.15) is 23.5 Å². The van der Waals surface area contributed by atoms with Crippen LogP contribution >= 0.6 is 28.1 Å². The molecule has 1 N–H and O–H groups in total. The minimum Gasteiger partial charge on any atom is -0.459 e. The van der Waals surface area contributed by atoms with Crippen LogP contribution < -0.4 is 15.0 Å². The van der Waals surface area contributed by atoms with E-state index < -0.39 is 0 Å². The van der Waals surface area contributed by atoms with Crippen LogP contribution in [0, 0.1) is 5.82 Å². The fourth-order valence-electron chi connectivity index (χ4n) is 4.57. The fraction of sp³-hybridized carbons (Fsp3) is 0.0667. The Kier molecular flexibility index (Phi) is 6.66. The molecule has 1 aliphatic heterocycles. The van der Waals surface area contributed by atoms with E-state index in [2.05, 4.69) is 26.2 Å². The number of hydrogen-bond donors (Lipinski definition) is 1. The molecule has 38 heavy (non-hydrogen) atoms. The van der Waals surface area contributed by atoms with Crippen molar-refractivity contribution in [1.29, 1.82) is 0 Å². The highest BCUT2D eigenvalue weighted by atomic mass is 79.9. The van der Waals surface area contributed by atoms with E-state index in [1.54, 1.807) is 12.3 Å². The molecule has 1 aliphatic rings. The second-order valence-electron chi connectivity index (χ2n) is 8.73. The van der Waals surface area contributed by atoms with Crippen molar-refractivity contribution in [3.8, 4) is 22.8 Å². The maximum Gasteiger partial charge on any atom is 0.174 e. The van der Waals surface area contributed by atoms with Crippen molar-refractivity contribution < 1.29 is 13.5 Å². The van der Waals surface area contributed by atoms with Gasteiger partial charge in [0.25, 0.3) is 0 Å². The van der Waals surface area contributed by atoms with Crippen molar-refractivity contribution in [3.05, 3.63) is 131 Å². The number of rotatable bonds is 6. The van der Waals surface area contributed by atoms with Gasteiger partial charge in [-0.05, 0) is 107 Å². The third kappa shape index (κ3) is 4.80. The van der Waals surface area contributed by atoms with Crippen LogP contribution in [0.5, 0.6) is 11.5 Å². The Morgan fingerprint density at radius 3 is 2.39 bits per heavy atom. The SMILES string of the molecule is Fc1ccc(-c2ccc([C@@H]3[C@@H](c4ccccn4)NC(=S)N3c3ccc(Oc4ccccc4)cc3)o2)c(Br)c1. The molecule has 0 radical (unpaired) electrons. The molecule has 1 fully saturated rings. The fourth-order valence-corrected chi connectivity index (χ4v) is 5.46. The highest BCUT2D eigenvalue weighted by molar-refractivity contribution is 9.10. The second-order valence-corrected chi connectivity index (χ2v) is 9.97. The number of thiocarbonyl (C=S) groups is 1. The number of aromatic nitrogens is 1. The van der Waals surface area contributed by atoms with Gasteiger partial charge < -0.3 is 19.4 Å². The van der Waals surface area contributed by atoms with E-state index >= 15 is 0 Å². The van der Waals surface area contributed by atoms with Crippen molar-refractivity contribution in [2.24, 2.45) is 0 Å². The molecule has 0 saturated carbocycles. The van der Waals surface area contributed by atoms with Crippen LogP contribution in [0.25, 0.3) is 11.3 Å². The first kappa shape index (κ1) is 24.3. The standard InChI is InChI=1S/C30H21BrFN3O2S/c31-24-18-19(32)9-14-23(24)26-15-16-27(37-26)29-28(25-8-4-5-17-33-25)34-30(38)35(29)20-10-12-22(13-11-20)36-21-6-2-1-3-7-21/h1-18,28-29H,(H,34,38)/t28-,29-/m1/s1. The van der Waals surface area contributed by atoms with E-state index in [0.29, 0.717) is 21.1 Å². The van der Waals surface area contributed by atoms with Crippen molar-refractivity contribution in [2.45, 2.75) is 12.1 Å². The Hall–Kier alpha value is -4.01. The van der Waals surface area contributed by atoms with Crippen molar-refractivity contribution >= 4 is 38.9 Å². The van der Waals surface area contributed by atoms with Gasteiger partial charge in [-0.2, -0.15) is 0 Å². The summed E-state index contributed by atoms with van der Waals surface area (Å²) in [6, 6.07) is 31.0. The molecule has 188 valence electrons. The Bertz CT molecular complexity index is 1580. The molecule has 1 saturated heterocycles. The van der Waals surface area contributed by atoms with Crippen LogP contribution in [-0.2, 0) is 0 Å². The van der Waals surface area contributed by atoms with Gasteiger partial charge in [-0.3, -0.25) is 4.98 Å². The third-order valence-electron chi connectivity index (χ3n) is 6.31. The number of anilines is 1. The van der Waals surface area contributed by atoms with E-state index in [1.807, 2.05) is 89.8 Å². The van der Waals surface area contributed by atoms with Gasteiger partial charge in [0.15, 0.2) is 5.11 Å².